The van der Waals surface area contributed by atoms with Gasteiger partial charge in [-0.3, -0.25) is 5.10 Å². The van der Waals surface area contributed by atoms with Gasteiger partial charge in [-0.05, 0) is 30.4 Å². The van der Waals surface area contributed by atoms with E-state index in [0.717, 1.165) is 37.7 Å². The highest BCUT2D eigenvalue weighted by molar-refractivity contribution is 5.31. The lowest BCUT2D eigenvalue weighted by Gasteiger charge is -2.39. The van der Waals surface area contributed by atoms with E-state index in [4.69, 9.17) is 5.73 Å². The lowest BCUT2D eigenvalue weighted by Crippen LogP contribution is -2.46. The third-order valence-electron chi connectivity index (χ3n) is 4.29. The fourth-order valence-corrected chi connectivity index (χ4v) is 2.95. The van der Waals surface area contributed by atoms with Crippen LogP contribution in [0.3, 0.4) is 0 Å². The van der Waals surface area contributed by atoms with Crippen LogP contribution in [0.15, 0.2) is 30.3 Å². The molecule has 5 nitrogen and oxygen atoms in total. The zero-order chi connectivity index (χ0) is 14.7. The summed E-state index contributed by atoms with van der Waals surface area (Å²) in [5, 5.41) is 7.45. The number of hydrogen-bond acceptors (Lipinski definition) is 4. The molecule has 0 aliphatic carbocycles. The number of piperidine rings is 1. The van der Waals surface area contributed by atoms with Gasteiger partial charge < -0.3 is 10.6 Å². The summed E-state index contributed by atoms with van der Waals surface area (Å²) in [6, 6.07) is 10.3. The summed E-state index contributed by atoms with van der Waals surface area (Å²) in [5.74, 6) is 1.72. The maximum atomic E-state index is 5.91. The Balaban J connectivity index is 1.70. The van der Waals surface area contributed by atoms with Gasteiger partial charge in [0.25, 0.3) is 0 Å². The second-order valence-corrected chi connectivity index (χ2v) is 6.28. The van der Waals surface area contributed by atoms with Gasteiger partial charge in [0.05, 0.1) is 0 Å². The minimum Gasteiger partial charge on any atom is -0.339 e. The molecule has 1 fully saturated rings. The molecule has 1 aliphatic heterocycles. The van der Waals surface area contributed by atoms with Crippen LogP contribution >= 0.6 is 0 Å². The molecule has 1 saturated heterocycles. The molecule has 112 valence electrons. The first-order valence-corrected chi connectivity index (χ1v) is 7.59. The predicted octanol–water partition coefficient (Wildman–Crippen LogP) is 1.96. The van der Waals surface area contributed by atoms with E-state index in [2.05, 4.69) is 39.1 Å². The number of nitrogens with two attached hydrogens (primary N) is 1. The Labute approximate surface area is 125 Å². The van der Waals surface area contributed by atoms with Crippen molar-refractivity contribution in [1.82, 2.24) is 15.2 Å². The quantitative estimate of drug-likeness (QED) is 0.901. The summed E-state index contributed by atoms with van der Waals surface area (Å²) in [5.41, 5.74) is 7.33. The molecule has 5 heteroatoms. The van der Waals surface area contributed by atoms with Gasteiger partial charge in [-0.25, -0.2) is 0 Å². The number of benzene rings is 1. The van der Waals surface area contributed by atoms with Gasteiger partial charge in [0, 0.05) is 19.5 Å². The molecule has 1 atom stereocenters. The van der Waals surface area contributed by atoms with E-state index in [1.165, 1.54) is 12.0 Å². The second kappa shape index (κ2) is 5.85. The number of rotatable bonds is 4. The summed E-state index contributed by atoms with van der Waals surface area (Å²) in [6.07, 6.45) is 3.12. The largest absolute Gasteiger partial charge is 0.339 e. The Morgan fingerprint density at radius 2 is 2.14 bits per heavy atom. The lowest BCUT2D eigenvalue weighted by atomic mass is 9.82. The minimum atomic E-state index is 0.179. The maximum Gasteiger partial charge on any atom is 0.244 e. The molecular formula is C16H23N5. The van der Waals surface area contributed by atoms with Crippen LogP contribution in [-0.4, -0.2) is 34.8 Å². The van der Waals surface area contributed by atoms with Crippen LogP contribution in [0.4, 0.5) is 5.95 Å². The van der Waals surface area contributed by atoms with E-state index in [9.17, 15) is 0 Å². The highest BCUT2D eigenvalue weighted by Gasteiger charge is 2.31. The Morgan fingerprint density at radius 3 is 2.90 bits per heavy atom. The van der Waals surface area contributed by atoms with Gasteiger partial charge in [0.2, 0.25) is 5.95 Å². The molecule has 0 radical (unpaired) electrons. The number of hydrogen-bond donors (Lipinski definition) is 2. The predicted molar refractivity (Wildman–Crippen MR) is 84.2 cm³/mol. The van der Waals surface area contributed by atoms with E-state index in [-0.39, 0.29) is 5.41 Å². The van der Waals surface area contributed by atoms with E-state index >= 15 is 0 Å². The van der Waals surface area contributed by atoms with Crippen molar-refractivity contribution >= 4 is 5.95 Å². The third-order valence-corrected chi connectivity index (χ3v) is 4.29. The van der Waals surface area contributed by atoms with E-state index in [0.29, 0.717) is 6.54 Å². The second-order valence-electron chi connectivity index (χ2n) is 6.28. The van der Waals surface area contributed by atoms with Crippen LogP contribution < -0.4 is 10.6 Å². The number of nitrogens with zero attached hydrogens (tertiary/aromatic N) is 3. The average molecular weight is 285 g/mol. The maximum absolute atomic E-state index is 5.91. The molecular weight excluding hydrogens is 262 g/mol. The molecule has 1 aromatic carbocycles. The number of anilines is 1. The number of H-pyrrole nitrogens is 1. The average Bonchev–Trinajstić information content (AvgIpc) is 2.97. The third kappa shape index (κ3) is 3.24. The fourth-order valence-electron chi connectivity index (χ4n) is 2.95. The van der Waals surface area contributed by atoms with Crippen molar-refractivity contribution in [3.05, 3.63) is 41.7 Å². The molecule has 0 saturated carbocycles. The first-order chi connectivity index (χ1) is 10.2. The van der Waals surface area contributed by atoms with Crippen LogP contribution in [0.25, 0.3) is 0 Å². The number of aromatic amines is 1. The van der Waals surface area contributed by atoms with E-state index < -0.39 is 0 Å². The standard InChI is InChI=1S/C16H23N5/c1-16(11-17)8-5-9-21(12-16)15-18-14(19-20-15)10-13-6-3-2-4-7-13/h2-4,6-7H,5,8-12,17H2,1H3,(H,18,19,20). The van der Waals surface area contributed by atoms with Gasteiger partial charge in [-0.1, -0.05) is 37.3 Å². The zero-order valence-electron chi connectivity index (χ0n) is 12.5. The molecule has 1 aromatic heterocycles. The number of aromatic nitrogens is 3. The van der Waals surface area contributed by atoms with Crippen LogP contribution in [0.1, 0.15) is 31.2 Å². The zero-order valence-corrected chi connectivity index (χ0v) is 12.5. The van der Waals surface area contributed by atoms with E-state index in [1.54, 1.807) is 0 Å². The summed E-state index contributed by atoms with van der Waals surface area (Å²) >= 11 is 0. The van der Waals surface area contributed by atoms with Crippen LogP contribution in [0.5, 0.6) is 0 Å². The highest BCUT2D eigenvalue weighted by Crippen LogP contribution is 2.29. The normalized spacial score (nSPS) is 22.5. The summed E-state index contributed by atoms with van der Waals surface area (Å²) < 4.78 is 0. The monoisotopic (exact) mass is 285 g/mol. The molecule has 21 heavy (non-hydrogen) atoms. The highest BCUT2D eigenvalue weighted by atomic mass is 15.4. The first-order valence-electron chi connectivity index (χ1n) is 7.59. The molecule has 3 N–H and O–H groups in total. The van der Waals surface area contributed by atoms with Gasteiger partial charge in [0.1, 0.15) is 5.82 Å². The molecule has 0 amide bonds. The molecule has 2 heterocycles. The smallest absolute Gasteiger partial charge is 0.244 e. The SMILES string of the molecule is CC1(CN)CCCN(c2n[nH]c(Cc3ccccc3)n2)C1. The van der Waals surface area contributed by atoms with Crippen LogP contribution in [0, 0.1) is 5.41 Å². The molecule has 1 aliphatic rings. The van der Waals surface area contributed by atoms with Crippen molar-refractivity contribution < 1.29 is 0 Å². The number of nitrogens with one attached hydrogen (secondary N) is 1. The van der Waals surface area contributed by atoms with Crippen molar-refractivity contribution in [2.45, 2.75) is 26.2 Å². The molecule has 0 bridgehead atoms. The fraction of sp³-hybridized carbons (Fsp3) is 0.500. The van der Waals surface area contributed by atoms with E-state index in [1.807, 2.05) is 18.2 Å². The van der Waals surface area contributed by atoms with Crippen LogP contribution in [-0.2, 0) is 6.42 Å². The summed E-state index contributed by atoms with van der Waals surface area (Å²) in [4.78, 5) is 6.90. The Morgan fingerprint density at radius 1 is 1.33 bits per heavy atom. The molecule has 2 aromatic rings. The topological polar surface area (TPSA) is 70.8 Å². The van der Waals surface area contributed by atoms with Crippen molar-refractivity contribution in [3.63, 3.8) is 0 Å². The Kier molecular flexibility index (Phi) is 3.92. The Hall–Kier alpha value is -1.88. The molecule has 3 rings (SSSR count). The minimum absolute atomic E-state index is 0.179. The molecule has 0 spiro atoms. The molecule has 1 unspecified atom stereocenters. The van der Waals surface area contributed by atoms with Gasteiger partial charge in [0.15, 0.2) is 0 Å². The van der Waals surface area contributed by atoms with Crippen molar-refractivity contribution in [2.24, 2.45) is 11.1 Å². The van der Waals surface area contributed by atoms with Crippen molar-refractivity contribution in [1.29, 1.82) is 0 Å². The summed E-state index contributed by atoms with van der Waals surface area (Å²) in [6.45, 7) is 4.91. The first kappa shape index (κ1) is 14.1. The Bertz CT molecular complexity index is 579. The van der Waals surface area contributed by atoms with Gasteiger partial charge in [-0.2, -0.15) is 4.98 Å². The van der Waals surface area contributed by atoms with Crippen LogP contribution in [0.2, 0.25) is 0 Å². The van der Waals surface area contributed by atoms with Gasteiger partial charge >= 0.3 is 0 Å². The van der Waals surface area contributed by atoms with Gasteiger partial charge in [-0.15, -0.1) is 5.10 Å². The summed E-state index contributed by atoms with van der Waals surface area (Å²) in [7, 11) is 0. The van der Waals surface area contributed by atoms with Crippen molar-refractivity contribution in [3.8, 4) is 0 Å². The van der Waals surface area contributed by atoms with Crippen molar-refractivity contribution in [2.75, 3.05) is 24.5 Å². The lowest BCUT2D eigenvalue weighted by molar-refractivity contribution is 0.270.